The van der Waals surface area contributed by atoms with E-state index in [1.807, 2.05) is 0 Å². The van der Waals surface area contributed by atoms with Crippen molar-refractivity contribution in [1.82, 2.24) is 5.32 Å². The molecule has 0 aliphatic heterocycles. The fraction of sp³-hybridized carbons (Fsp3) is 0.364. The van der Waals surface area contributed by atoms with E-state index in [9.17, 15) is 13.2 Å². The van der Waals surface area contributed by atoms with E-state index in [1.54, 1.807) is 6.07 Å². The number of terminal acetylenes is 1. The second kappa shape index (κ2) is 6.54. The molecule has 1 rings (SSSR count). The van der Waals surface area contributed by atoms with Gasteiger partial charge in [0.25, 0.3) is 0 Å². The summed E-state index contributed by atoms with van der Waals surface area (Å²) in [5, 5.41) is 7.70. The van der Waals surface area contributed by atoms with Crippen molar-refractivity contribution in [2.45, 2.75) is 23.5 Å². The molecule has 0 aliphatic carbocycles. The lowest BCUT2D eigenvalue weighted by atomic mass is 10.3. The van der Waals surface area contributed by atoms with Crippen LogP contribution in [-0.2, 0) is 21.2 Å². The first kappa shape index (κ1) is 14.7. The highest BCUT2D eigenvalue weighted by Gasteiger charge is 2.11. The Kier molecular flexibility index (Phi) is 5.34. The molecule has 98 valence electrons. The van der Waals surface area contributed by atoms with Crippen LogP contribution in [0.3, 0.4) is 0 Å². The van der Waals surface area contributed by atoms with Gasteiger partial charge in [0.2, 0.25) is 15.9 Å². The van der Waals surface area contributed by atoms with Crippen LogP contribution in [0, 0.1) is 12.3 Å². The van der Waals surface area contributed by atoms with Gasteiger partial charge in [-0.15, -0.1) is 23.7 Å². The summed E-state index contributed by atoms with van der Waals surface area (Å²) >= 11 is 1.11. The number of carbonyl (C=O) groups excluding carboxylic acids is 1. The van der Waals surface area contributed by atoms with Crippen molar-refractivity contribution in [3.05, 3.63) is 17.0 Å². The number of sulfonamides is 1. The standard InChI is InChI=1S/C11H14N2O3S2/c1-2-3-4-10(14)13-8-7-9-5-6-11(17-9)18(12,15)16/h1,5-6H,3-4,7-8H2,(H,13,14)(H2,12,15,16). The maximum absolute atomic E-state index is 11.2. The summed E-state index contributed by atoms with van der Waals surface area (Å²) in [5.74, 6) is 2.29. The van der Waals surface area contributed by atoms with E-state index < -0.39 is 10.0 Å². The average Bonchev–Trinajstić information content (AvgIpc) is 2.74. The SMILES string of the molecule is C#CCCC(=O)NCCc1ccc(S(N)(=O)=O)s1. The van der Waals surface area contributed by atoms with E-state index in [0.717, 1.165) is 16.2 Å². The smallest absolute Gasteiger partial charge is 0.247 e. The van der Waals surface area contributed by atoms with Crippen molar-refractivity contribution >= 4 is 27.3 Å². The molecule has 1 heterocycles. The number of hydrogen-bond donors (Lipinski definition) is 2. The molecule has 0 saturated heterocycles. The molecule has 3 N–H and O–H groups in total. The Morgan fingerprint density at radius 2 is 2.22 bits per heavy atom. The zero-order chi connectivity index (χ0) is 13.6. The monoisotopic (exact) mass is 286 g/mol. The first-order chi connectivity index (χ1) is 8.43. The van der Waals surface area contributed by atoms with Crippen LogP contribution in [0.1, 0.15) is 17.7 Å². The first-order valence-corrected chi connectivity index (χ1v) is 7.61. The number of nitrogens with two attached hydrogens (primary N) is 1. The molecule has 0 unspecified atom stereocenters. The van der Waals surface area contributed by atoms with Gasteiger partial charge in [0, 0.05) is 24.3 Å². The maximum atomic E-state index is 11.2. The number of primary sulfonamides is 1. The maximum Gasteiger partial charge on any atom is 0.247 e. The van der Waals surface area contributed by atoms with Crippen molar-refractivity contribution in [2.24, 2.45) is 5.14 Å². The summed E-state index contributed by atoms with van der Waals surface area (Å²) in [6, 6.07) is 3.16. The van der Waals surface area contributed by atoms with Gasteiger partial charge in [0.15, 0.2) is 0 Å². The van der Waals surface area contributed by atoms with E-state index in [2.05, 4.69) is 11.2 Å². The molecular formula is C11H14N2O3S2. The Hall–Kier alpha value is -1.36. The minimum Gasteiger partial charge on any atom is -0.356 e. The molecule has 0 bridgehead atoms. The predicted molar refractivity (Wildman–Crippen MR) is 70.5 cm³/mol. The molecule has 0 aliphatic rings. The van der Waals surface area contributed by atoms with Crippen LogP contribution in [0.15, 0.2) is 16.3 Å². The third-order valence-corrected chi connectivity index (χ3v) is 4.69. The van der Waals surface area contributed by atoms with Crippen LogP contribution < -0.4 is 10.5 Å². The highest BCUT2D eigenvalue weighted by Crippen LogP contribution is 2.20. The number of nitrogens with one attached hydrogen (secondary N) is 1. The molecule has 1 aromatic rings. The van der Waals surface area contributed by atoms with E-state index in [1.165, 1.54) is 6.07 Å². The largest absolute Gasteiger partial charge is 0.356 e. The molecule has 0 atom stereocenters. The van der Waals surface area contributed by atoms with Crippen molar-refractivity contribution in [2.75, 3.05) is 6.54 Å². The van der Waals surface area contributed by atoms with E-state index >= 15 is 0 Å². The lowest BCUT2D eigenvalue weighted by molar-refractivity contribution is -0.120. The number of thiophene rings is 1. The lowest BCUT2D eigenvalue weighted by Gasteiger charge is -2.02. The van der Waals surface area contributed by atoms with Crippen LogP contribution in [-0.4, -0.2) is 20.9 Å². The third-order valence-electron chi connectivity index (χ3n) is 2.11. The van der Waals surface area contributed by atoms with Gasteiger partial charge in [-0.1, -0.05) is 0 Å². The van der Waals surface area contributed by atoms with Crippen LogP contribution in [0.2, 0.25) is 0 Å². The molecule has 0 saturated carbocycles. The second-order valence-corrected chi connectivity index (χ2v) is 6.53. The lowest BCUT2D eigenvalue weighted by Crippen LogP contribution is -2.24. The molecule has 18 heavy (non-hydrogen) atoms. The van der Waals surface area contributed by atoms with Gasteiger partial charge in [-0.05, 0) is 18.6 Å². The Morgan fingerprint density at radius 1 is 1.50 bits per heavy atom. The molecule has 7 heteroatoms. The molecule has 1 aromatic heterocycles. The summed E-state index contributed by atoms with van der Waals surface area (Å²) < 4.78 is 22.2. The van der Waals surface area contributed by atoms with E-state index in [4.69, 9.17) is 11.6 Å². The summed E-state index contributed by atoms with van der Waals surface area (Å²) in [6.45, 7) is 0.452. The van der Waals surface area contributed by atoms with E-state index in [-0.39, 0.29) is 10.1 Å². The Balaban J connectivity index is 2.39. The number of rotatable bonds is 6. The van der Waals surface area contributed by atoms with Crippen LogP contribution in [0.4, 0.5) is 0 Å². The molecule has 5 nitrogen and oxygen atoms in total. The molecular weight excluding hydrogens is 272 g/mol. The highest BCUT2D eigenvalue weighted by molar-refractivity contribution is 7.91. The second-order valence-electron chi connectivity index (χ2n) is 3.57. The molecule has 1 amide bonds. The normalized spacial score (nSPS) is 10.9. The van der Waals surface area contributed by atoms with Gasteiger partial charge in [-0.25, -0.2) is 13.6 Å². The van der Waals surface area contributed by atoms with E-state index in [0.29, 0.717) is 25.8 Å². The summed E-state index contributed by atoms with van der Waals surface area (Å²) in [6.07, 6.45) is 6.34. The summed E-state index contributed by atoms with van der Waals surface area (Å²) in [7, 11) is -3.63. The van der Waals surface area contributed by atoms with Crippen LogP contribution in [0.25, 0.3) is 0 Å². The van der Waals surface area contributed by atoms with Crippen LogP contribution in [0.5, 0.6) is 0 Å². The van der Waals surface area contributed by atoms with Gasteiger partial charge in [-0.3, -0.25) is 4.79 Å². The topological polar surface area (TPSA) is 89.3 Å². The average molecular weight is 286 g/mol. The van der Waals surface area contributed by atoms with Gasteiger partial charge in [0.1, 0.15) is 4.21 Å². The van der Waals surface area contributed by atoms with Crippen molar-refractivity contribution in [1.29, 1.82) is 0 Å². The zero-order valence-electron chi connectivity index (χ0n) is 9.68. The highest BCUT2D eigenvalue weighted by atomic mass is 32.2. The van der Waals surface area contributed by atoms with Gasteiger partial charge in [0.05, 0.1) is 0 Å². The van der Waals surface area contributed by atoms with Gasteiger partial charge in [-0.2, -0.15) is 0 Å². The fourth-order valence-electron chi connectivity index (χ4n) is 1.24. The fourth-order valence-corrected chi connectivity index (χ4v) is 3.02. The quantitative estimate of drug-likeness (QED) is 0.745. The number of amides is 1. The number of hydrogen-bond acceptors (Lipinski definition) is 4. The summed E-state index contributed by atoms with van der Waals surface area (Å²) in [4.78, 5) is 12.1. The number of carbonyl (C=O) groups is 1. The van der Waals surface area contributed by atoms with Crippen molar-refractivity contribution in [3.8, 4) is 12.3 Å². The van der Waals surface area contributed by atoms with Crippen LogP contribution >= 0.6 is 11.3 Å². The molecule has 0 aromatic carbocycles. The minimum absolute atomic E-state index is 0.101. The first-order valence-electron chi connectivity index (χ1n) is 5.25. The Morgan fingerprint density at radius 3 is 2.78 bits per heavy atom. The van der Waals surface area contributed by atoms with Crippen molar-refractivity contribution < 1.29 is 13.2 Å². The van der Waals surface area contributed by atoms with Crippen molar-refractivity contribution in [3.63, 3.8) is 0 Å². The Bertz CT molecular complexity index is 555. The molecule has 0 fully saturated rings. The van der Waals surface area contributed by atoms with Gasteiger partial charge >= 0.3 is 0 Å². The molecule has 0 radical (unpaired) electrons. The Labute approximate surface area is 110 Å². The zero-order valence-corrected chi connectivity index (χ0v) is 11.3. The molecule has 0 spiro atoms. The predicted octanol–water partition coefficient (Wildman–Crippen LogP) is 0.468. The third kappa shape index (κ3) is 4.87. The minimum atomic E-state index is -3.63. The van der Waals surface area contributed by atoms with Gasteiger partial charge < -0.3 is 5.32 Å². The summed E-state index contributed by atoms with van der Waals surface area (Å²) in [5.41, 5.74) is 0.